The van der Waals surface area contributed by atoms with E-state index < -0.39 is 0 Å². The van der Waals surface area contributed by atoms with Crippen molar-refractivity contribution in [2.45, 2.75) is 0 Å². The Morgan fingerprint density at radius 2 is 1.23 bits per heavy atom. The molecule has 4 heteroatoms. The lowest BCUT2D eigenvalue weighted by Crippen LogP contribution is -2.58. The molecule has 3 nitrogen and oxygen atoms in total. The van der Waals surface area contributed by atoms with E-state index in [2.05, 4.69) is 149 Å². The van der Waals surface area contributed by atoms with Crippen LogP contribution < -0.4 is 26.0 Å². The molecule has 0 fully saturated rings. The van der Waals surface area contributed by atoms with Gasteiger partial charge in [0, 0.05) is 39.0 Å². The number of hydrogen-bond donors (Lipinski definition) is 0. The molecule has 0 spiro atoms. The molecule has 3 heterocycles. The van der Waals surface area contributed by atoms with E-state index in [0.717, 1.165) is 28.6 Å². The van der Waals surface area contributed by atoms with E-state index in [1.54, 1.807) is 0 Å². The Morgan fingerprint density at radius 3 is 2.02 bits per heavy atom. The normalized spacial score (nSPS) is 12.7. The maximum absolute atomic E-state index is 6.64. The first-order valence-corrected chi connectivity index (χ1v) is 13.7. The number of aromatic nitrogens is 1. The highest BCUT2D eigenvalue weighted by molar-refractivity contribution is 6.99. The fraction of sp³-hybridized carbons (Fsp3) is 0. The van der Waals surface area contributed by atoms with Gasteiger partial charge in [-0.25, -0.2) is 0 Å². The Kier molecular flexibility index (Phi) is 4.41. The largest absolute Gasteiger partial charge is 0.458 e. The van der Waals surface area contributed by atoms with Crippen LogP contribution >= 0.6 is 0 Å². The summed E-state index contributed by atoms with van der Waals surface area (Å²) < 4.78 is 9.08. The zero-order valence-electron chi connectivity index (χ0n) is 21.7. The van der Waals surface area contributed by atoms with Gasteiger partial charge >= 0.3 is 0 Å². The lowest BCUT2D eigenvalue weighted by Gasteiger charge is -2.34. The van der Waals surface area contributed by atoms with Gasteiger partial charge in [-0.3, -0.25) is 0 Å². The van der Waals surface area contributed by atoms with Gasteiger partial charge in [0.25, 0.3) is 6.71 Å². The molecule has 9 rings (SSSR count). The minimum absolute atomic E-state index is 0.0730. The molecule has 0 amide bonds. The Bertz CT molecular complexity index is 2060. The SMILES string of the molecule is c1ccc(N(c2ccccc2)c2ccc3c(c2)B2c4c(cccc4-n4c5ccccc5c5cccc2c54)O3)cc1. The van der Waals surface area contributed by atoms with Gasteiger partial charge in [-0.05, 0) is 77.1 Å². The van der Waals surface area contributed by atoms with Crippen molar-refractivity contribution in [2.24, 2.45) is 0 Å². The predicted molar refractivity (Wildman–Crippen MR) is 167 cm³/mol. The van der Waals surface area contributed by atoms with E-state index >= 15 is 0 Å². The Balaban J connectivity index is 1.33. The number of fused-ring (bicyclic) bond motifs is 7. The van der Waals surface area contributed by atoms with Gasteiger partial charge in [0.05, 0.1) is 5.52 Å². The van der Waals surface area contributed by atoms with Crippen LogP contribution in [0.25, 0.3) is 27.5 Å². The van der Waals surface area contributed by atoms with Crippen LogP contribution in [0.1, 0.15) is 0 Å². The lowest BCUT2D eigenvalue weighted by molar-refractivity contribution is 0.487. The molecule has 0 aliphatic carbocycles. The molecule has 2 aliphatic heterocycles. The monoisotopic (exact) mass is 510 g/mol. The Labute approximate surface area is 232 Å². The molecule has 0 saturated carbocycles. The molecular formula is C36H23BN2O. The summed E-state index contributed by atoms with van der Waals surface area (Å²) in [7, 11) is 0. The van der Waals surface area contributed by atoms with Crippen LogP contribution in [0.3, 0.4) is 0 Å². The van der Waals surface area contributed by atoms with Crippen LogP contribution in [0.15, 0.2) is 140 Å². The summed E-state index contributed by atoms with van der Waals surface area (Å²) >= 11 is 0. The molecule has 1 aromatic heterocycles. The molecule has 0 saturated heterocycles. The van der Waals surface area contributed by atoms with Crippen LogP contribution in [0.5, 0.6) is 11.5 Å². The van der Waals surface area contributed by atoms with Gasteiger partial charge in [-0.15, -0.1) is 0 Å². The molecule has 6 aromatic carbocycles. The minimum Gasteiger partial charge on any atom is -0.458 e. The average molecular weight is 510 g/mol. The first-order chi connectivity index (χ1) is 19.9. The quantitative estimate of drug-likeness (QED) is 0.234. The maximum atomic E-state index is 6.64. The van der Waals surface area contributed by atoms with E-state index in [1.807, 2.05) is 0 Å². The highest BCUT2D eigenvalue weighted by Gasteiger charge is 2.40. The third-order valence-electron chi connectivity index (χ3n) is 8.42. The van der Waals surface area contributed by atoms with E-state index in [4.69, 9.17) is 4.74 Å². The van der Waals surface area contributed by atoms with Crippen molar-refractivity contribution in [3.8, 4) is 17.2 Å². The van der Waals surface area contributed by atoms with Gasteiger partial charge in [0.2, 0.25) is 0 Å². The second kappa shape index (κ2) is 8.14. The van der Waals surface area contributed by atoms with Crippen molar-refractivity contribution >= 4 is 62.0 Å². The summed E-state index contributed by atoms with van der Waals surface area (Å²) in [5.41, 5.74) is 10.8. The van der Waals surface area contributed by atoms with Gasteiger partial charge in [-0.1, -0.05) is 78.9 Å². The van der Waals surface area contributed by atoms with Crippen LogP contribution in [0, 0.1) is 0 Å². The van der Waals surface area contributed by atoms with Gasteiger partial charge < -0.3 is 14.2 Å². The number of hydrogen-bond acceptors (Lipinski definition) is 2. The molecule has 0 bridgehead atoms. The third kappa shape index (κ3) is 2.90. The van der Waals surface area contributed by atoms with Gasteiger partial charge in [0.1, 0.15) is 11.5 Å². The second-order valence-corrected chi connectivity index (χ2v) is 10.5. The zero-order chi connectivity index (χ0) is 26.2. The predicted octanol–water partition coefficient (Wildman–Crippen LogP) is 7.19. The summed E-state index contributed by atoms with van der Waals surface area (Å²) in [6.07, 6.45) is 0. The van der Waals surface area contributed by atoms with Crippen molar-refractivity contribution in [1.82, 2.24) is 4.57 Å². The first kappa shape index (κ1) is 21.7. The van der Waals surface area contributed by atoms with Crippen LogP contribution in [-0.4, -0.2) is 11.3 Å². The summed E-state index contributed by atoms with van der Waals surface area (Å²) in [6.45, 7) is 0.0730. The van der Waals surface area contributed by atoms with Crippen LogP contribution in [0.2, 0.25) is 0 Å². The van der Waals surface area contributed by atoms with Crippen LogP contribution in [-0.2, 0) is 0 Å². The molecule has 0 N–H and O–H groups in total. The lowest BCUT2D eigenvalue weighted by atomic mass is 9.34. The molecular weight excluding hydrogens is 487 g/mol. The van der Waals surface area contributed by atoms with Crippen molar-refractivity contribution in [2.75, 3.05) is 4.90 Å². The molecule has 0 radical (unpaired) electrons. The minimum atomic E-state index is 0.0730. The van der Waals surface area contributed by atoms with E-state index in [0.29, 0.717) is 0 Å². The molecule has 186 valence electrons. The molecule has 0 unspecified atom stereocenters. The number of para-hydroxylation sites is 4. The molecule has 7 aromatic rings. The number of nitrogens with zero attached hydrogens (tertiary/aromatic N) is 2. The Hall–Kier alpha value is -5.22. The topological polar surface area (TPSA) is 17.4 Å². The van der Waals surface area contributed by atoms with Crippen LogP contribution in [0.4, 0.5) is 17.1 Å². The number of benzene rings is 6. The van der Waals surface area contributed by atoms with E-state index in [1.165, 1.54) is 43.9 Å². The number of anilines is 3. The van der Waals surface area contributed by atoms with Crippen molar-refractivity contribution in [1.29, 1.82) is 0 Å². The first-order valence-electron chi connectivity index (χ1n) is 13.7. The van der Waals surface area contributed by atoms with Gasteiger partial charge in [0.15, 0.2) is 0 Å². The van der Waals surface area contributed by atoms with E-state index in [9.17, 15) is 0 Å². The number of ether oxygens (including phenoxy) is 1. The van der Waals surface area contributed by atoms with E-state index in [-0.39, 0.29) is 6.71 Å². The summed E-state index contributed by atoms with van der Waals surface area (Å²) in [4.78, 5) is 2.32. The van der Waals surface area contributed by atoms with Crippen molar-refractivity contribution in [3.05, 3.63) is 140 Å². The van der Waals surface area contributed by atoms with Crippen molar-refractivity contribution in [3.63, 3.8) is 0 Å². The smallest absolute Gasteiger partial charge is 0.256 e. The third-order valence-corrected chi connectivity index (χ3v) is 8.42. The van der Waals surface area contributed by atoms with Crippen molar-refractivity contribution < 1.29 is 4.74 Å². The molecule has 2 aliphatic rings. The molecule has 40 heavy (non-hydrogen) atoms. The van der Waals surface area contributed by atoms with Gasteiger partial charge in [-0.2, -0.15) is 0 Å². The fourth-order valence-corrected chi connectivity index (χ4v) is 6.83. The standard InChI is InChI=1S/C36H23BN2O/c1-3-11-24(12-4-1)38(25-13-5-2-6-14-25)26-21-22-33-30(23-26)37-29-17-9-16-28-27-15-7-8-18-31(27)39(36(28)29)32-19-10-20-34(40-33)35(32)37/h1-23H. The average Bonchev–Trinajstić information content (AvgIpc) is 3.36. The summed E-state index contributed by atoms with van der Waals surface area (Å²) in [5, 5.41) is 2.58. The Morgan fingerprint density at radius 1 is 0.525 bits per heavy atom. The zero-order valence-corrected chi connectivity index (χ0v) is 21.7. The highest BCUT2D eigenvalue weighted by Crippen LogP contribution is 2.39. The summed E-state index contributed by atoms with van der Waals surface area (Å²) in [5.74, 6) is 1.85. The molecule has 0 atom stereocenters. The summed E-state index contributed by atoms with van der Waals surface area (Å²) in [6, 6.07) is 49.8. The maximum Gasteiger partial charge on any atom is 0.256 e. The second-order valence-electron chi connectivity index (χ2n) is 10.5. The highest BCUT2D eigenvalue weighted by atomic mass is 16.5. The fourth-order valence-electron chi connectivity index (χ4n) is 6.83. The number of rotatable bonds is 3.